The van der Waals surface area contributed by atoms with Crippen LogP contribution >= 0.6 is 0 Å². The van der Waals surface area contributed by atoms with Crippen LogP contribution in [0.5, 0.6) is 0 Å². The van der Waals surface area contributed by atoms with Gasteiger partial charge >= 0.3 is 0 Å². The molecule has 0 aliphatic heterocycles. The van der Waals surface area contributed by atoms with Crippen molar-refractivity contribution < 1.29 is 0 Å². The summed E-state index contributed by atoms with van der Waals surface area (Å²) in [5.74, 6) is 2.47. The van der Waals surface area contributed by atoms with E-state index in [2.05, 4.69) is 28.8 Å². The van der Waals surface area contributed by atoms with Crippen LogP contribution in [0.3, 0.4) is 0 Å². The van der Waals surface area contributed by atoms with Crippen molar-refractivity contribution in [3.05, 3.63) is 43.0 Å². The van der Waals surface area contributed by atoms with Crippen LogP contribution in [0.4, 0.5) is 5.82 Å². The molecule has 0 spiro atoms. The van der Waals surface area contributed by atoms with E-state index in [-0.39, 0.29) is 0 Å². The van der Waals surface area contributed by atoms with Crippen molar-refractivity contribution in [3.8, 4) is 11.4 Å². The zero-order valence-electron chi connectivity index (χ0n) is 15.5. The molecule has 0 N–H and O–H groups in total. The van der Waals surface area contributed by atoms with Crippen LogP contribution in [0, 0.1) is 5.92 Å². The number of nitrogens with zero attached hydrogens (tertiary/aromatic N) is 5. The lowest BCUT2D eigenvalue weighted by Gasteiger charge is -2.38. The molecule has 3 aromatic rings. The zero-order valence-corrected chi connectivity index (χ0v) is 15.5. The second-order valence-electron chi connectivity index (χ2n) is 7.13. The summed E-state index contributed by atoms with van der Waals surface area (Å²) in [7, 11) is 2.19. The van der Waals surface area contributed by atoms with Crippen LogP contribution in [0.2, 0.25) is 0 Å². The third-order valence-electron chi connectivity index (χ3n) is 5.64. The average Bonchev–Trinajstić information content (AvgIpc) is 2.73. The number of hydrogen-bond donors (Lipinski definition) is 0. The highest BCUT2D eigenvalue weighted by Crippen LogP contribution is 2.35. The summed E-state index contributed by atoms with van der Waals surface area (Å²) in [5, 5.41) is 1.07. The van der Waals surface area contributed by atoms with Gasteiger partial charge in [-0.15, -0.1) is 0 Å². The van der Waals surface area contributed by atoms with E-state index >= 15 is 0 Å². The fraction of sp³-hybridized carbons (Fsp3) is 0.429. The SMILES string of the molecule is CC[C@@H]1CCCC[C@H]1N(C)c1nc(-c2ccncc2)nc2cnccc12. The van der Waals surface area contributed by atoms with Gasteiger partial charge in [0, 0.05) is 42.6 Å². The zero-order chi connectivity index (χ0) is 17.9. The number of anilines is 1. The standard InChI is InChI=1S/C21H25N5/c1-3-15-6-4-5-7-19(15)26(2)21-17-10-13-23-14-18(17)24-20(25-21)16-8-11-22-12-9-16/h8-15,19H,3-7H2,1-2H3/t15-,19-/m1/s1. The van der Waals surface area contributed by atoms with E-state index in [0.29, 0.717) is 6.04 Å². The maximum Gasteiger partial charge on any atom is 0.162 e. The van der Waals surface area contributed by atoms with E-state index in [1.807, 2.05) is 30.6 Å². The van der Waals surface area contributed by atoms with Crippen molar-refractivity contribution in [2.45, 2.75) is 45.1 Å². The smallest absolute Gasteiger partial charge is 0.162 e. The Bertz CT molecular complexity index is 880. The molecule has 0 radical (unpaired) electrons. The molecule has 4 rings (SSSR count). The van der Waals surface area contributed by atoms with Crippen LogP contribution in [0.1, 0.15) is 39.0 Å². The number of hydrogen-bond acceptors (Lipinski definition) is 5. The van der Waals surface area contributed by atoms with Gasteiger partial charge in [0.25, 0.3) is 0 Å². The van der Waals surface area contributed by atoms with Crippen LogP contribution in [-0.4, -0.2) is 33.0 Å². The van der Waals surface area contributed by atoms with Crippen molar-refractivity contribution in [1.82, 2.24) is 19.9 Å². The minimum atomic E-state index is 0.533. The fourth-order valence-corrected chi connectivity index (χ4v) is 4.19. The van der Waals surface area contributed by atoms with Gasteiger partial charge in [-0.1, -0.05) is 26.2 Å². The van der Waals surface area contributed by atoms with Crippen LogP contribution in [0.25, 0.3) is 22.3 Å². The van der Waals surface area contributed by atoms with Crippen molar-refractivity contribution in [2.75, 3.05) is 11.9 Å². The Morgan fingerprint density at radius 2 is 1.77 bits per heavy atom. The van der Waals surface area contributed by atoms with Crippen molar-refractivity contribution in [2.24, 2.45) is 5.92 Å². The first-order chi connectivity index (χ1) is 12.8. The topological polar surface area (TPSA) is 54.8 Å². The summed E-state index contributed by atoms with van der Waals surface area (Å²) in [6.07, 6.45) is 13.6. The van der Waals surface area contributed by atoms with Gasteiger partial charge < -0.3 is 4.90 Å². The van der Waals surface area contributed by atoms with Crippen LogP contribution in [0.15, 0.2) is 43.0 Å². The van der Waals surface area contributed by atoms with Crippen molar-refractivity contribution in [3.63, 3.8) is 0 Å². The molecule has 0 amide bonds. The highest BCUT2D eigenvalue weighted by Gasteiger charge is 2.29. The predicted molar refractivity (Wildman–Crippen MR) is 105 cm³/mol. The molecule has 0 saturated heterocycles. The van der Waals surface area contributed by atoms with E-state index < -0.39 is 0 Å². The molecule has 0 aromatic carbocycles. The van der Waals surface area contributed by atoms with Gasteiger partial charge in [-0.2, -0.15) is 0 Å². The number of rotatable bonds is 4. The maximum atomic E-state index is 4.97. The number of pyridine rings is 2. The second kappa shape index (κ2) is 7.36. The maximum absolute atomic E-state index is 4.97. The normalized spacial score (nSPS) is 20.2. The molecule has 3 aromatic heterocycles. The molecule has 1 saturated carbocycles. The fourth-order valence-electron chi connectivity index (χ4n) is 4.19. The summed E-state index contributed by atoms with van der Waals surface area (Å²) in [4.78, 5) is 20.5. The third kappa shape index (κ3) is 3.14. The Labute approximate surface area is 154 Å². The van der Waals surface area contributed by atoms with Gasteiger partial charge in [-0.25, -0.2) is 9.97 Å². The van der Waals surface area contributed by atoms with Crippen molar-refractivity contribution in [1.29, 1.82) is 0 Å². The van der Waals surface area contributed by atoms with Crippen LogP contribution in [-0.2, 0) is 0 Å². The molecule has 1 aliphatic carbocycles. The molecule has 0 unspecified atom stereocenters. The summed E-state index contributed by atoms with van der Waals surface area (Å²) < 4.78 is 0. The van der Waals surface area contributed by atoms with E-state index in [1.54, 1.807) is 12.4 Å². The van der Waals surface area contributed by atoms with E-state index in [4.69, 9.17) is 9.97 Å². The second-order valence-corrected chi connectivity index (χ2v) is 7.13. The highest BCUT2D eigenvalue weighted by molar-refractivity contribution is 5.90. The van der Waals surface area contributed by atoms with Crippen molar-refractivity contribution >= 4 is 16.7 Å². The minimum Gasteiger partial charge on any atom is -0.356 e. The van der Waals surface area contributed by atoms with E-state index in [1.165, 1.54) is 32.1 Å². The van der Waals surface area contributed by atoms with Gasteiger partial charge in [-0.05, 0) is 37.0 Å². The summed E-state index contributed by atoms with van der Waals surface area (Å²) in [5.41, 5.74) is 1.87. The molecule has 26 heavy (non-hydrogen) atoms. The molecular weight excluding hydrogens is 322 g/mol. The molecule has 134 valence electrons. The monoisotopic (exact) mass is 347 g/mol. The van der Waals surface area contributed by atoms with Gasteiger partial charge in [0.15, 0.2) is 5.82 Å². The Kier molecular flexibility index (Phi) is 4.78. The van der Waals surface area contributed by atoms with E-state index in [9.17, 15) is 0 Å². The van der Waals surface area contributed by atoms with Gasteiger partial charge in [-0.3, -0.25) is 9.97 Å². The molecule has 0 bridgehead atoms. The van der Waals surface area contributed by atoms with Crippen LogP contribution < -0.4 is 4.90 Å². The lowest BCUT2D eigenvalue weighted by Crippen LogP contribution is -2.40. The molecule has 2 atom stereocenters. The van der Waals surface area contributed by atoms with Gasteiger partial charge in [0.05, 0.1) is 11.7 Å². The summed E-state index contributed by atoms with van der Waals surface area (Å²) in [6, 6.07) is 6.47. The first kappa shape index (κ1) is 16.9. The largest absolute Gasteiger partial charge is 0.356 e. The van der Waals surface area contributed by atoms with E-state index in [0.717, 1.165) is 34.0 Å². The molecule has 1 fully saturated rings. The van der Waals surface area contributed by atoms with Gasteiger partial charge in [0.2, 0.25) is 0 Å². The molecular formula is C21H25N5. The summed E-state index contributed by atoms with van der Waals surface area (Å²) in [6.45, 7) is 2.31. The Hall–Kier alpha value is -2.56. The lowest BCUT2D eigenvalue weighted by atomic mass is 9.82. The van der Waals surface area contributed by atoms with Gasteiger partial charge in [0.1, 0.15) is 5.82 Å². The highest BCUT2D eigenvalue weighted by atomic mass is 15.2. The quantitative estimate of drug-likeness (QED) is 0.696. The third-order valence-corrected chi connectivity index (χ3v) is 5.64. The minimum absolute atomic E-state index is 0.533. The number of aromatic nitrogens is 4. The average molecular weight is 347 g/mol. The predicted octanol–water partition coefficient (Wildman–Crippen LogP) is 4.49. The Balaban J connectivity index is 1.82. The molecule has 5 heteroatoms. The molecule has 5 nitrogen and oxygen atoms in total. The number of fused-ring (bicyclic) bond motifs is 1. The Morgan fingerprint density at radius 1 is 1.00 bits per heavy atom. The molecule has 1 aliphatic rings. The lowest BCUT2D eigenvalue weighted by molar-refractivity contribution is 0.292. The first-order valence-corrected chi connectivity index (χ1v) is 9.53. The Morgan fingerprint density at radius 3 is 2.58 bits per heavy atom. The molecule has 3 heterocycles. The summed E-state index contributed by atoms with van der Waals surface area (Å²) >= 11 is 0. The first-order valence-electron chi connectivity index (χ1n) is 9.53.